The number of ether oxygens (including phenoxy) is 2. The lowest BCUT2D eigenvalue weighted by atomic mass is 10.1. The van der Waals surface area contributed by atoms with Crippen LogP contribution in [0.15, 0.2) is 53.4 Å². The zero-order valence-electron chi connectivity index (χ0n) is 13.1. The first-order chi connectivity index (χ1) is 11.7. The SMILES string of the molecule is COc1ccc(-c2cc(C(=O)Nc3ncco3)ccn2)cc1OC. The first-order valence-corrected chi connectivity index (χ1v) is 7.10. The largest absolute Gasteiger partial charge is 0.493 e. The molecule has 7 nitrogen and oxygen atoms in total. The average Bonchev–Trinajstić information content (AvgIpc) is 3.14. The highest BCUT2D eigenvalue weighted by Gasteiger charge is 2.12. The van der Waals surface area contributed by atoms with Crippen LogP contribution in [0.2, 0.25) is 0 Å². The standard InChI is InChI=1S/C17H15N3O4/c1-22-14-4-3-11(10-15(14)23-2)13-9-12(5-6-18-13)16(21)20-17-19-7-8-24-17/h3-10H,1-2H3,(H,19,20,21). The van der Waals surface area contributed by atoms with E-state index in [0.29, 0.717) is 22.8 Å². The van der Waals surface area contributed by atoms with Crippen LogP contribution in [0.4, 0.5) is 6.01 Å². The highest BCUT2D eigenvalue weighted by molar-refractivity contribution is 6.03. The zero-order valence-corrected chi connectivity index (χ0v) is 13.1. The third kappa shape index (κ3) is 3.19. The number of carbonyl (C=O) groups excluding carboxylic acids is 1. The zero-order chi connectivity index (χ0) is 16.9. The van der Waals surface area contributed by atoms with Crippen molar-refractivity contribution in [1.29, 1.82) is 0 Å². The van der Waals surface area contributed by atoms with Gasteiger partial charge in [-0.3, -0.25) is 15.1 Å². The molecule has 0 bridgehead atoms. The van der Waals surface area contributed by atoms with E-state index in [2.05, 4.69) is 15.3 Å². The molecule has 0 radical (unpaired) electrons. The molecule has 1 aromatic carbocycles. The van der Waals surface area contributed by atoms with Gasteiger partial charge in [-0.05, 0) is 30.3 Å². The van der Waals surface area contributed by atoms with Crippen LogP contribution < -0.4 is 14.8 Å². The van der Waals surface area contributed by atoms with E-state index in [1.807, 2.05) is 6.07 Å². The van der Waals surface area contributed by atoms with Crippen LogP contribution in [-0.2, 0) is 0 Å². The van der Waals surface area contributed by atoms with E-state index in [0.717, 1.165) is 5.56 Å². The Morgan fingerprint density at radius 3 is 2.58 bits per heavy atom. The number of rotatable bonds is 5. The molecule has 2 heterocycles. The lowest BCUT2D eigenvalue weighted by Gasteiger charge is -2.10. The van der Waals surface area contributed by atoms with Crippen LogP contribution >= 0.6 is 0 Å². The monoisotopic (exact) mass is 325 g/mol. The minimum atomic E-state index is -0.332. The van der Waals surface area contributed by atoms with E-state index in [1.54, 1.807) is 44.7 Å². The van der Waals surface area contributed by atoms with Gasteiger partial charge in [0, 0.05) is 17.3 Å². The maximum absolute atomic E-state index is 12.2. The third-order valence-electron chi connectivity index (χ3n) is 3.35. The quantitative estimate of drug-likeness (QED) is 0.776. The summed E-state index contributed by atoms with van der Waals surface area (Å²) in [5, 5.41) is 2.57. The molecule has 0 unspecified atom stereocenters. The number of hydrogen-bond donors (Lipinski definition) is 1. The minimum absolute atomic E-state index is 0.143. The van der Waals surface area contributed by atoms with Crippen molar-refractivity contribution in [3.8, 4) is 22.8 Å². The Morgan fingerprint density at radius 2 is 1.88 bits per heavy atom. The molecule has 24 heavy (non-hydrogen) atoms. The Hall–Kier alpha value is -3.35. The molecule has 7 heteroatoms. The van der Waals surface area contributed by atoms with Crippen molar-refractivity contribution in [2.24, 2.45) is 0 Å². The molecule has 0 aliphatic rings. The van der Waals surface area contributed by atoms with E-state index < -0.39 is 0 Å². The summed E-state index contributed by atoms with van der Waals surface area (Å²) in [5.41, 5.74) is 1.88. The summed E-state index contributed by atoms with van der Waals surface area (Å²) < 4.78 is 15.5. The molecule has 0 saturated heterocycles. The van der Waals surface area contributed by atoms with Gasteiger partial charge in [0.05, 0.1) is 26.1 Å². The number of nitrogens with zero attached hydrogens (tertiary/aromatic N) is 2. The van der Waals surface area contributed by atoms with Crippen molar-refractivity contribution in [3.63, 3.8) is 0 Å². The lowest BCUT2D eigenvalue weighted by Crippen LogP contribution is -2.12. The second-order valence-electron chi connectivity index (χ2n) is 4.79. The average molecular weight is 325 g/mol. The molecule has 0 fully saturated rings. The molecule has 1 amide bonds. The van der Waals surface area contributed by atoms with E-state index >= 15 is 0 Å². The van der Waals surface area contributed by atoms with Crippen molar-refractivity contribution >= 4 is 11.9 Å². The summed E-state index contributed by atoms with van der Waals surface area (Å²) in [6.45, 7) is 0. The van der Waals surface area contributed by atoms with Crippen LogP contribution in [0.5, 0.6) is 11.5 Å². The summed E-state index contributed by atoms with van der Waals surface area (Å²) in [7, 11) is 3.14. The molecule has 0 aliphatic heterocycles. The number of amides is 1. The normalized spacial score (nSPS) is 10.2. The molecule has 122 valence electrons. The topological polar surface area (TPSA) is 86.5 Å². The van der Waals surface area contributed by atoms with Gasteiger partial charge in [0.25, 0.3) is 5.91 Å². The number of aromatic nitrogens is 2. The second-order valence-corrected chi connectivity index (χ2v) is 4.79. The summed E-state index contributed by atoms with van der Waals surface area (Å²) in [6.07, 6.45) is 4.41. The third-order valence-corrected chi connectivity index (χ3v) is 3.35. The van der Waals surface area contributed by atoms with Crippen LogP contribution in [0, 0.1) is 0 Å². The van der Waals surface area contributed by atoms with E-state index in [1.165, 1.54) is 12.5 Å². The Bertz CT molecular complexity index is 847. The van der Waals surface area contributed by atoms with Gasteiger partial charge < -0.3 is 13.9 Å². The van der Waals surface area contributed by atoms with Crippen LogP contribution in [0.1, 0.15) is 10.4 Å². The fourth-order valence-corrected chi connectivity index (χ4v) is 2.18. The molecular weight excluding hydrogens is 310 g/mol. The number of carbonyl (C=O) groups is 1. The smallest absolute Gasteiger partial charge is 0.301 e. The van der Waals surface area contributed by atoms with Gasteiger partial charge in [-0.1, -0.05) is 0 Å². The molecule has 1 N–H and O–H groups in total. The second kappa shape index (κ2) is 6.82. The Balaban J connectivity index is 1.89. The Kier molecular flexibility index (Phi) is 4.42. The van der Waals surface area contributed by atoms with Crippen LogP contribution in [-0.4, -0.2) is 30.1 Å². The number of hydrogen-bond acceptors (Lipinski definition) is 6. The minimum Gasteiger partial charge on any atom is -0.493 e. The maximum Gasteiger partial charge on any atom is 0.301 e. The highest BCUT2D eigenvalue weighted by atomic mass is 16.5. The number of nitrogens with one attached hydrogen (secondary N) is 1. The Labute approximate surface area is 138 Å². The highest BCUT2D eigenvalue weighted by Crippen LogP contribution is 2.31. The van der Waals surface area contributed by atoms with Gasteiger partial charge in [0.1, 0.15) is 6.26 Å². The van der Waals surface area contributed by atoms with Crippen molar-refractivity contribution in [2.45, 2.75) is 0 Å². The van der Waals surface area contributed by atoms with Crippen molar-refractivity contribution in [3.05, 3.63) is 54.6 Å². The van der Waals surface area contributed by atoms with Crippen molar-refractivity contribution in [1.82, 2.24) is 9.97 Å². The number of methoxy groups -OCH3 is 2. The predicted molar refractivity (Wildman–Crippen MR) is 87.2 cm³/mol. The van der Waals surface area contributed by atoms with Gasteiger partial charge in [-0.2, -0.15) is 0 Å². The van der Waals surface area contributed by atoms with Gasteiger partial charge >= 0.3 is 6.01 Å². The lowest BCUT2D eigenvalue weighted by molar-refractivity contribution is 0.102. The van der Waals surface area contributed by atoms with Crippen molar-refractivity contribution < 1.29 is 18.7 Å². The maximum atomic E-state index is 12.2. The van der Waals surface area contributed by atoms with Crippen molar-refractivity contribution in [2.75, 3.05) is 19.5 Å². The first-order valence-electron chi connectivity index (χ1n) is 7.10. The molecule has 0 spiro atoms. The number of oxazole rings is 1. The number of anilines is 1. The summed E-state index contributed by atoms with van der Waals surface area (Å²) in [6, 6.07) is 8.87. The van der Waals surface area contributed by atoms with E-state index in [-0.39, 0.29) is 11.9 Å². The first kappa shape index (κ1) is 15.5. The predicted octanol–water partition coefficient (Wildman–Crippen LogP) is 3.01. The molecular formula is C17H15N3O4. The molecule has 3 aromatic rings. The Morgan fingerprint density at radius 1 is 1.04 bits per heavy atom. The van der Waals surface area contributed by atoms with E-state index in [9.17, 15) is 4.79 Å². The van der Waals surface area contributed by atoms with Gasteiger partial charge in [-0.25, -0.2) is 4.98 Å². The molecule has 0 saturated carbocycles. The van der Waals surface area contributed by atoms with Crippen LogP contribution in [0.25, 0.3) is 11.3 Å². The van der Waals surface area contributed by atoms with E-state index in [4.69, 9.17) is 13.9 Å². The molecule has 2 aromatic heterocycles. The van der Waals surface area contributed by atoms with Crippen LogP contribution in [0.3, 0.4) is 0 Å². The van der Waals surface area contributed by atoms with Gasteiger partial charge in [0.15, 0.2) is 11.5 Å². The van der Waals surface area contributed by atoms with Gasteiger partial charge in [0.2, 0.25) is 0 Å². The fourth-order valence-electron chi connectivity index (χ4n) is 2.18. The number of benzene rings is 1. The number of pyridine rings is 1. The van der Waals surface area contributed by atoms with Gasteiger partial charge in [-0.15, -0.1) is 0 Å². The fraction of sp³-hybridized carbons (Fsp3) is 0.118. The molecule has 0 aliphatic carbocycles. The molecule has 0 atom stereocenters. The molecule has 3 rings (SSSR count). The summed E-state index contributed by atoms with van der Waals surface area (Å²) >= 11 is 0. The summed E-state index contributed by atoms with van der Waals surface area (Å²) in [5.74, 6) is 0.882. The summed E-state index contributed by atoms with van der Waals surface area (Å²) in [4.78, 5) is 20.4.